The van der Waals surface area contributed by atoms with Crippen LogP contribution in [0.5, 0.6) is 0 Å². The van der Waals surface area contributed by atoms with Gasteiger partial charge in [0.2, 0.25) is 0 Å². The summed E-state index contributed by atoms with van der Waals surface area (Å²) in [5, 5.41) is 2.92. The number of nitrogen functional groups attached to an aromatic ring is 1. The lowest BCUT2D eigenvalue weighted by atomic mass is 10.0. The van der Waals surface area contributed by atoms with E-state index in [-0.39, 0.29) is 24.4 Å². The van der Waals surface area contributed by atoms with Crippen LogP contribution < -0.4 is 11.1 Å². The monoisotopic (exact) mass is 257 g/mol. The van der Waals surface area contributed by atoms with Gasteiger partial charge in [-0.3, -0.25) is 4.79 Å². The predicted octanol–water partition coefficient (Wildman–Crippen LogP) is 2.25. The molecular formula is C12H20ClN3O. The van der Waals surface area contributed by atoms with Gasteiger partial charge in [0.15, 0.2) is 0 Å². The van der Waals surface area contributed by atoms with Gasteiger partial charge in [-0.2, -0.15) is 0 Å². The van der Waals surface area contributed by atoms with Crippen LogP contribution in [0.15, 0.2) is 18.2 Å². The van der Waals surface area contributed by atoms with Crippen LogP contribution in [0.1, 0.15) is 37.7 Å². The zero-order chi connectivity index (χ0) is 12.1. The van der Waals surface area contributed by atoms with Crippen LogP contribution in [0.25, 0.3) is 0 Å². The van der Waals surface area contributed by atoms with E-state index in [4.69, 9.17) is 5.73 Å². The Morgan fingerprint density at radius 3 is 2.65 bits per heavy atom. The number of amides is 1. The van der Waals surface area contributed by atoms with Gasteiger partial charge in [-0.05, 0) is 25.0 Å². The summed E-state index contributed by atoms with van der Waals surface area (Å²) in [7, 11) is 0. The first-order chi connectivity index (χ1) is 7.54. The highest BCUT2D eigenvalue weighted by molar-refractivity contribution is 5.92. The first-order valence-electron chi connectivity index (χ1n) is 5.58. The number of carbonyl (C=O) groups is 1. The number of anilines is 1. The second-order valence-corrected chi connectivity index (χ2v) is 4.10. The van der Waals surface area contributed by atoms with E-state index in [1.54, 1.807) is 18.2 Å². The minimum atomic E-state index is -0.167. The van der Waals surface area contributed by atoms with Gasteiger partial charge in [0.1, 0.15) is 11.5 Å². The summed E-state index contributed by atoms with van der Waals surface area (Å²) in [6.45, 7) is 6.21. The summed E-state index contributed by atoms with van der Waals surface area (Å²) < 4.78 is 0. The number of halogens is 1. The van der Waals surface area contributed by atoms with Crippen LogP contribution in [0.2, 0.25) is 0 Å². The van der Waals surface area contributed by atoms with E-state index in [1.165, 1.54) is 0 Å². The Morgan fingerprint density at radius 1 is 1.47 bits per heavy atom. The normalized spacial score (nSPS) is 13.4. The van der Waals surface area contributed by atoms with Gasteiger partial charge >= 0.3 is 0 Å². The van der Waals surface area contributed by atoms with Crippen LogP contribution in [-0.4, -0.2) is 16.9 Å². The molecule has 0 aliphatic carbocycles. The van der Waals surface area contributed by atoms with Gasteiger partial charge in [-0.25, -0.2) is 4.98 Å². The van der Waals surface area contributed by atoms with Crippen molar-refractivity contribution in [1.29, 1.82) is 0 Å². The molecule has 17 heavy (non-hydrogen) atoms. The van der Waals surface area contributed by atoms with Gasteiger partial charge in [0.25, 0.3) is 5.91 Å². The van der Waals surface area contributed by atoms with Crippen molar-refractivity contribution < 1.29 is 4.79 Å². The van der Waals surface area contributed by atoms with Crippen molar-refractivity contribution in [1.82, 2.24) is 10.3 Å². The Balaban J connectivity index is 0.00000256. The molecular weight excluding hydrogens is 238 g/mol. The first kappa shape index (κ1) is 15.7. The number of hydrogen-bond acceptors (Lipinski definition) is 3. The molecule has 1 amide bonds. The molecule has 0 saturated carbocycles. The molecule has 0 spiro atoms. The number of nitrogens with one attached hydrogen (secondary N) is 1. The second kappa shape index (κ2) is 7.12. The number of aromatic nitrogens is 1. The summed E-state index contributed by atoms with van der Waals surface area (Å²) in [4.78, 5) is 15.8. The summed E-state index contributed by atoms with van der Waals surface area (Å²) in [6, 6.07) is 5.19. The van der Waals surface area contributed by atoms with Crippen LogP contribution in [0, 0.1) is 5.92 Å². The lowest BCUT2D eigenvalue weighted by Crippen LogP contribution is -2.37. The highest BCUT2D eigenvalue weighted by atomic mass is 35.5. The molecule has 0 aliphatic heterocycles. The fraction of sp³-hybridized carbons (Fsp3) is 0.500. The van der Waals surface area contributed by atoms with Gasteiger partial charge in [0, 0.05) is 6.04 Å². The molecule has 96 valence electrons. The lowest BCUT2D eigenvalue weighted by molar-refractivity contribution is 0.0923. The molecule has 1 heterocycles. The highest BCUT2D eigenvalue weighted by Gasteiger charge is 2.15. The Bertz CT molecular complexity index is 371. The molecule has 0 radical (unpaired) electrons. The number of hydrogen-bond donors (Lipinski definition) is 2. The molecule has 3 N–H and O–H groups in total. The van der Waals surface area contributed by atoms with E-state index in [2.05, 4.69) is 24.1 Å². The lowest BCUT2D eigenvalue weighted by Gasteiger charge is -2.19. The molecule has 4 nitrogen and oxygen atoms in total. The van der Waals surface area contributed by atoms with Gasteiger partial charge in [0.05, 0.1) is 0 Å². The molecule has 2 atom stereocenters. The molecule has 1 rings (SSSR count). The molecule has 1 aromatic heterocycles. The first-order valence-corrected chi connectivity index (χ1v) is 5.58. The Hall–Kier alpha value is -1.29. The van der Waals surface area contributed by atoms with E-state index in [9.17, 15) is 4.79 Å². The van der Waals surface area contributed by atoms with Crippen molar-refractivity contribution in [2.24, 2.45) is 5.92 Å². The average Bonchev–Trinajstić information content (AvgIpc) is 2.27. The van der Waals surface area contributed by atoms with E-state index in [0.29, 0.717) is 17.4 Å². The van der Waals surface area contributed by atoms with Crippen molar-refractivity contribution in [3.8, 4) is 0 Å². The van der Waals surface area contributed by atoms with Crippen molar-refractivity contribution in [2.45, 2.75) is 33.2 Å². The third-order valence-corrected chi connectivity index (χ3v) is 2.86. The number of nitrogens with zero attached hydrogens (tertiary/aromatic N) is 1. The quantitative estimate of drug-likeness (QED) is 0.869. The molecule has 0 aromatic carbocycles. The van der Waals surface area contributed by atoms with Crippen LogP contribution in [-0.2, 0) is 0 Å². The third-order valence-electron chi connectivity index (χ3n) is 2.86. The van der Waals surface area contributed by atoms with E-state index >= 15 is 0 Å². The fourth-order valence-corrected chi connectivity index (χ4v) is 1.35. The van der Waals surface area contributed by atoms with Crippen LogP contribution >= 0.6 is 12.4 Å². The third kappa shape index (κ3) is 4.61. The maximum atomic E-state index is 11.8. The number of pyridine rings is 1. The van der Waals surface area contributed by atoms with Crippen LogP contribution in [0.3, 0.4) is 0 Å². The average molecular weight is 258 g/mol. The topological polar surface area (TPSA) is 68.0 Å². The highest BCUT2D eigenvalue weighted by Crippen LogP contribution is 2.08. The van der Waals surface area contributed by atoms with E-state index in [1.807, 2.05) is 6.92 Å². The maximum absolute atomic E-state index is 11.8. The van der Waals surface area contributed by atoms with Gasteiger partial charge < -0.3 is 11.1 Å². The Morgan fingerprint density at radius 2 is 2.12 bits per heavy atom. The predicted molar refractivity (Wildman–Crippen MR) is 72.3 cm³/mol. The SMILES string of the molecule is CCC(C)C(C)NC(=O)c1cccc(N)n1.Cl. The summed E-state index contributed by atoms with van der Waals surface area (Å²) in [6.07, 6.45) is 1.03. The summed E-state index contributed by atoms with van der Waals surface area (Å²) >= 11 is 0. The van der Waals surface area contributed by atoms with Crippen molar-refractivity contribution in [3.63, 3.8) is 0 Å². The van der Waals surface area contributed by atoms with Gasteiger partial charge in [-0.1, -0.05) is 26.3 Å². The van der Waals surface area contributed by atoms with Gasteiger partial charge in [-0.15, -0.1) is 12.4 Å². The minimum Gasteiger partial charge on any atom is -0.384 e. The van der Waals surface area contributed by atoms with Crippen molar-refractivity contribution in [2.75, 3.05) is 5.73 Å². The standard InChI is InChI=1S/C12H19N3O.ClH/c1-4-8(2)9(3)14-12(16)10-6-5-7-11(13)15-10;/h5-9H,4H2,1-3H3,(H2,13,15)(H,14,16);1H. The summed E-state index contributed by atoms with van der Waals surface area (Å²) in [5.41, 5.74) is 5.89. The Kier molecular flexibility index (Phi) is 6.58. The molecule has 0 aliphatic rings. The maximum Gasteiger partial charge on any atom is 0.270 e. The van der Waals surface area contributed by atoms with Crippen molar-refractivity contribution >= 4 is 24.1 Å². The molecule has 2 unspecified atom stereocenters. The molecule has 0 bridgehead atoms. The molecule has 0 saturated heterocycles. The van der Waals surface area contributed by atoms with E-state index < -0.39 is 0 Å². The molecule has 5 heteroatoms. The Labute approximate surface area is 108 Å². The van der Waals surface area contributed by atoms with E-state index in [0.717, 1.165) is 6.42 Å². The second-order valence-electron chi connectivity index (χ2n) is 4.10. The smallest absolute Gasteiger partial charge is 0.270 e. The largest absolute Gasteiger partial charge is 0.384 e. The number of rotatable bonds is 4. The number of nitrogens with two attached hydrogens (primary N) is 1. The zero-order valence-electron chi connectivity index (χ0n) is 10.4. The molecule has 0 fully saturated rings. The fourth-order valence-electron chi connectivity index (χ4n) is 1.35. The summed E-state index contributed by atoms with van der Waals surface area (Å²) in [5.74, 6) is 0.647. The zero-order valence-corrected chi connectivity index (χ0v) is 11.3. The van der Waals surface area contributed by atoms with Crippen molar-refractivity contribution in [3.05, 3.63) is 23.9 Å². The minimum absolute atomic E-state index is 0. The van der Waals surface area contributed by atoms with Crippen LogP contribution in [0.4, 0.5) is 5.82 Å². The number of carbonyl (C=O) groups excluding carboxylic acids is 1. The molecule has 1 aromatic rings.